The molecule has 24 heavy (non-hydrogen) atoms. The summed E-state index contributed by atoms with van der Waals surface area (Å²) in [6, 6.07) is 13.2. The third kappa shape index (κ3) is 2.02. The molecular formula is C22H20N2. The van der Waals surface area contributed by atoms with Crippen molar-refractivity contribution in [2.24, 2.45) is 0 Å². The fourth-order valence-corrected chi connectivity index (χ4v) is 4.30. The Hall–Kier alpha value is -2.48. The van der Waals surface area contributed by atoms with E-state index in [0.717, 1.165) is 18.5 Å². The summed E-state index contributed by atoms with van der Waals surface area (Å²) in [5, 5.41) is 0. The van der Waals surface area contributed by atoms with Crippen molar-refractivity contribution in [2.45, 2.75) is 39.0 Å². The monoisotopic (exact) mass is 312 g/mol. The maximum Gasteiger partial charge on any atom is 0.0739 e. The smallest absolute Gasteiger partial charge is 0.0739 e. The lowest BCUT2D eigenvalue weighted by Crippen LogP contribution is -2.06. The molecule has 0 unspecified atom stereocenters. The molecule has 0 bridgehead atoms. The van der Waals surface area contributed by atoms with Crippen molar-refractivity contribution >= 4 is 0 Å². The van der Waals surface area contributed by atoms with E-state index in [1.165, 1.54) is 64.0 Å². The molecule has 2 nitrogen and oxygen atoms in total. The number of hydrogen-bond acceptors (Lipinski definition) is 2. The number of aromatic nitrogens is 2. The summed E-state index contributed by atoms with van der Waals surface area (Å²) in [5.74, 6) is 0. The van der Waals surface area contributed by atoms with Crippen molar-refractivity contribution in [3.63, 3.8) is 0 Å². The molecule has 2 heterocycles. The van der Waals surface area contributed by atoms with Gasteiger partial charge in [-0.05, 0) is 67.0 Å². The van der Waals surface area contributed by atoms with Gasteiger partial charge in [-0.25, -0.2) is 0 Å². The summed E-state index contributed by atoms with van der Waals surface area (Å²) < 4.78 is 0. The van der Waals surface area contributed by atoms with Gasteiger partial charge in [-0.3, -0.25) is 9.97 Å². The molecule has 0 fully saturated rings. The quantitative estimate of drug-likeness (QED) is 0.499. The predicted octanol–water partition coefficient (Wildman–Crippen LogP) is 4.90. The van der Waals surface area contributed by atoms with Crippen molar-refractivity contribution in [1.82, 2.24) is 9.97 Å². The molecule has 0 aliphatic heterocycles. The molecule has 0 N–H and O–H groups in total. The van der Waals surface area contributed by atoms with Crippen LogP contribution in [0.15, 0.2) is 42.6 Å². The van der Waals surface area contributed by atoms with Gasteiger partial charge in [0.2, 0.25) is 0 Å². The Bertz CT molecular complexity index is 956. The topological polar surface area (TPSA) is 25.8 Å². The van der Waals surface area contributed by atoms with Crippen molar-refractivity contribution in [2.75, 3.05) is 0 Å². The number of fused-ring (bicyclic) bond motifs is 4. The van der Waals surface area contributed by atoms with Crippen LogP contribution in [0.25, 0.3) is 22.4 Å². The van der Waals surface area contributed by atoms with Crippen LogP contribution in [0.3, 0.4) is 0 Å². The van der Waals surface area contributed by atoms with Crippen molar-refractivity contribution in [3.05, 3.63) is 70.7 Å². The standard InChI is InChI=1S/C22H20N2/c1-14-9-10-18-17-7-4-8-19(20(17)13-21(18)24-14)22-16-6-3-2-5-15(16)11-12-23-22/h4,7-12H,2-3,5-6,13H2,1H3. The van der Waals surface area contributed by atoms with Crippen LogP contribution in [0.1, 0.15) is 40.9 Å². The highest BCUT2D eigenvalue weighted by Gasteiger charge is 2.25. The summed E-state index contributed by atoms with van der Waals surface area (Å²) in [6.45, 7) is 2.07. The first-order valence-corrected chi connectivity index (χ1v) is 8.87. The van der Waals surface area contributed by atoms with Gasteiger partial charge in [0.05, 0.1) is 11.4 Å². The molecule has 5 rings (SSSR count). The van der Waals surface area contributed by atoms with Gasteiger partial charge in [-0.1, -0.05) is 24.3 Å². The summed E-state index contributed by atoms with van der Waals surface area (Å²) in [6.07, 6.45) is 7.85. The van der Waals surface area contributed by atoms with E-state index in [1.54, 1.807) is 0 Å². The molecule has 0 radical (unpaired) electrons. The molecule has 0 amide bonds. The van der Waals surface area contributed by atoms with E-state index in [4.69, 9.17) is 9.97 Å². The Morgan fingerprint density at radius 1 is 0.833 bits per heavy atom. The minimum Gasteiger partial charge on any atom is -0.257 e. The molecule has 0 saturated heterocycles. The van der Waals surface area contributed by atoms with Gasteiger partial charge in [0, 0.05) is 29.4 Å². The van der Waals surface area contributed by atoms with Gasteiger partial charge >= 0.3 is 0 Å². The molecule has 3 aromatic rings. The minimum absolute atomic E-state index is 0.924. The van der Waals surface area contributed by atoms with Crippen LogP contribution in [0.2, 0.25) is 0 Å². The molecule has 118 valence electrons. The first kappa shape index (κ1) is 13.9. The highest BCUT2D eigenvalue weighted by molar-refractivity contribution is 5.84. The van der Waals surface area contributed by atoms with E-state index in [0.29, 0.717) is 0 Å². The predicted molar refractivity (Wildman–Crippen MR) is 97.1 cm³/mol. The zero-order chi connectivity index (χ0) is 16.1. The second kappa shape index (κ2) is 5.27. The highest BCUT2D eigenvalue weighted by atomic mass is 14.7. The number of pyridine rings is 2. The van der Waals surface area contributed by atoms with Crippen molar-refractivity contribution in [3.8, 4) is 22.4 Å². The second-order valence-corrected chi connectivity index (χ2v) is 6.96. The van der Waals surface area contributed by atoms with E-state index in [2.05, 4.69) is 43.3 Å². The first-order chi connectivity index (χ1) is 11.8. The van der Waals surface area contributed by atoms with Gasteiger partial charge in [0.15, 0.2) is 0 Å². The lowest BCUT2D eigenvalue weighted by atomic mass is 9.87. The van der Waals surface area contributed by atoms with E-state index < -0.39 is 0 Å². The molecular weight excluding hydrogens is 292 g/mol. The number of nitrogens with zero attached hydrogens (tertiary/aromatic N) is 2. The third-order valence-electron chi connectivity index (χ3n) is 5.45. The fraction of sp³-hybridized carbons (Fsp3) is 0.273. The molecule has 0 saturated carbocycles. The molecule has 2 aromatic heterocycles. The lowest BCUT2D eigenvalue weighted by molar-refractivity contribution is 0.683. The largest absolute Gasteiger partial charge is 0.257 e. The van der Waals surface area contributed by atoms with Gasteiger partial charge < -0.3 is 0 Å². The van der Waals surface area contributed by atoms with E-state index in [1.807, 2.05) is 6.20 Å². The van der Waals surface area contributed by atoms with Crippen molar-refractivity contribution < 1.29 is 0 Å². The van der Waals surface area contributed by atoms with Crippen LogP contribution in [0.5, 0.6) is 0 Å². The van der Waals surface area contributed by atoms with E-state index in [-0.39, 0.29) is 0 Å². The maximum absolute atomic E-state index is 4.80. The number of benzene rings is 1. The Morgan fingerprint density at radius 3 is 2.67 bits per heavy atom. The van der Waals surface area contributed by atoms with Crippen LogP contribution in [-0.2, 0) is 19.3 Å². The Balaban J connectivity index is 1.71. The average molecular weight is 312 g/mol. The maximum atomic E-state index is 4.80. The number of rotatable bonds is 1. The normalized spacial score (nSPS) is 14.9. The molecule has 2 aliphatic carbocycles. The van der Waals surface area contributed by atoms with Crippen LogP contribution in [0, 0.1) is 6.92 Å². The summed E-state index contributed by atoms with van der Waals surface area (Å²) in [5.41, 5.74) is 11.8. The summed E-state index contributed by atoms with van der Waals surface area (Å²) in [4.78, 5) is 9.57. The molecule has 2 heteroatoms. The van der Waals surface area contributed by atoms with Crippen LogP contribution in [0.4, 0.5) is 0 Å². The molecule has 0 spiro atoms. The zero-order valence-corrected chi connectivity index (χ0v) is 14.0. The SMILES string of the molecule is Cc1ccc2c(n1)Cc1c-2cccc1-c1nccc2c1CCCC2. The van der Waals surface area contributed by atoms with Crippen LogP contribution >= 0.6 is 0 Å². The Morgan fingerprint density at radius 2 is 1.71 bits per heavy atom. The number of hydrogen-bond donors (Lipinski definition) is 0. The highest BCUT2D eigenvalue weighted by Crippen LogP contribution is 2.42. The Labute approximate surface area is 142 Å². The average Bonchev–Trinajstić information content (AvgIpc) is 2.98. The summed E-state index contributed by atoms with van der Waals surface area (Å²) in [7, 11) is 0. The van der Waals surface area contributed by atoms with E-state index >= 15 is 0 Å². The van der Waals surface area contributed by atoms with Gasteiger partial charge in [0.1, 0.15) is 0 Å². The lowest BCUT2D eigenvalue weighted by Gasteiger charge is -2.19. The summed E-state index contributed by atoms with van der Waals surface area (Å²) >= 11 is 0. The Kier molecular flexibility index (Phi) is 3.05. The van der Waals surface area contributed by atoms with Crippen molar-refractivity contribution in [1.29, 1.82) is 0 Å². The fourth-order valence-electron chi connectivity index (χ4n) is 4.30. The van der Waals surface area contributed by atoms with Gasteiger partial charge in [-0.2, -0.15) is 0 Å². The van der Waals surface area contributed by atoms with E-state index in [9.17, 15) is 0 Å². The van der Waals surface area contributed by atoms with Crippen LogP contribution < -0.4 is 0 Å². The van der Waals surface area contributed by atoms with Gasteiger partial charge in [0.25, 0.3) is 0 Å². The van der Waals surface area contributed by atoms with Crippen LogP contribution in [-0.4, -0.2) is 9.97 Å². The zero-order valence-electron chi connectivity index (χ0n) is 14.0. The number of aryl methyl sites for hydroxylation is 2. The minimum atomic E-state index is 0.924. The first-order valence-electron chi connectivity index (χ1n) is 8.87. The molecule has 0 atom stereocenters. The second-order valence-electron chi connectivity index (χ2n) is 6.96. The molecule has 1 aromatic carbocycles. The van der Waals surface area contributed by atoms with Gasteiger partial charge in [-0.15, -0.1) is 0 Å². The molecule has 2 aliphatic rings. The third-order valence-corrected chi connectivity index (χ3v) is 5.45.